The number of hydrogen-bond acceptors (Lipinski definition) is 39. The van der Waals surface area contributed by atoms with E-state index in [9.17, 15) is 113 Å². The van der Waals surface area contributed by atoms with Crippen LogP contribution in [0.4, 0.5) is 0 Å². The van der Waals surface area contributed by atoms with Crippen molar-refractivity contribution >= 4 is 69.0 Å². The smallest absolute Gasteiger partial charge is 0.457 e. The second kappa shape index (κ2) is 41.4. The van der Waals surface area contributed by atoms with Gasteiger partial charge in [0.05, 0.1) is 46.2 Å². The second-order valence-electron chi connectivity index (χ2n) is 27.4. The van der Waals surface area contributed by atoms with Gasteiger partial charge in [0, 0.05) is 68.4 Å². The van der Waals surface area contributed by atoms with Gasteiger partial charge >= 0.3 is 33.6 Å². The Morgan fingerprint density at radius 1 is 0.351 bits per heavy atom. The molecule has 0 spiro atoms. The number of phosphoric acid groups is 2. The molecule has 49 heteroatoms. The summed E-state index contributed by atoms with van der Waals surface area (Å²) in [6.45, 7) is 1.62. The first-order valence-electron chi connectivity index (χ1n) is 35.3. The molecule has 7 fully saturated rings. The van der Waals surface area contributed by atoms with Gasteiger partial charge in [-0.15, -0.1) is 0 Å². The van der Waals surface area contributed by atoms with Crippen LogP contribution < -0.4 is 37.6 Å². The van der Waals surface area contributed by atoms with Crippen molar-refractivity contribution in [3.8, 4) is 0 Å². The van der Waals surface area contributed by atoms with Crippen molar-refractivity contribution in [2.45, 2.75) is 284 Å². The maximum Gasteiger partial charge on any atom is 0.475 e. The van der Waals surface area contributed by atoms with Gasteiger partial charge in [0.2, 0.25) is 35.4 Å². The van der Waals surface area contributed by atoms with Gasteiger partial charge in [0.15, 0.2) is 56.1 Å². The molecule has 1 aliphatic carbocycles. The van der Waals surface area contributed by atoms with E-state index < -0.39 is 293 Å². The minimum absolute atomic E-state index is 0.0493. The van der Waals surface area contributed by atoms with Crippen LogP contribution >= 0.6 is 15.6 Å². The average molecular weight is 1650 g/mol. The third-order valence-corrected chi connectivity index (χ3v) is 20.7. The lowest BCUT2D eigenvalue weighted by molar-refractivity contribution is -0.334. The fraction of sp³-hybridized carbons (Fsp3) is 0.855. The van der Waals surface area contributed by atoms with Gasteiger partial charge in [-0.25, -0.2) is 9.13 Å². The number of ether oxygens (including phenoxy) is 13. The Balaban J connectivity index is 1.17. The molecule has 2 unspecified atom stereocenters. The molecule has 7 aliphatic rings. The molecule has 0 aromatic rings. The number of rotatable bonds is 33. The number of aliphatic hydroxyl groups is 10. The molecule has 7 rings (SSSR count). The first-order valence-corrected chi connectivity index (χ1v) is 38.3. The largest absolute Gasteiger partial charge is 0.475 e. The van der Waals surface area contributed by atoms with Gasteiger partial charge < -0.3 is 160 Å². The predicted octanol–water partition coefficient (Wildman–Crippen LogP) is -9.36. The number of aliphatic hydroxyl groups excluding tert-OH is 10. The van der Waals surface area contributed by atoms with Crippen molar-refractivity contribution in [3.05, 3.63) is 0 Å². The second-order valence-corrected chi connectivity index (χ2v) is 30.1. The van der Waals surface area contributed by atoms with Gasteiger partial charge in [-0.3, -0.25) is 61.2 Å². The first-order chi connectivity index (χ1) is 52.2. The van der Waals surface area contributed by atoms with E-state index in [1.54, 1.807) is 0 Å². The van der Waals surface area contributed by atoms with Gasteiger partial charge in [0.1, 0.15) is 128 Å². The Morgan fingerprint density at radius 2 is 0.622 bits per heavy atom. The Kier molecular flexibility index (Phi) is 34.6. The summed E-state index contributed by atoms with van der Waals surface area (Å²) in [5, 5.41) is 123. The van der Waals surface area contributed by atoms with Crippen LogP contribution in [0.5, 0.6) is 0 Å². The van der Waals surface area contributed by atoms with Crippen molar-refractivity contribution < 1.29 is 193 Å². The molecule has 47 nitrogen and oxygen atoms in total. The molecule has 6 saturated heterocycles. The molecule has 0 aromatic carbocycles. The molecule has 6 heterocycles. The maximum absolute atomic E-state index is 14.8. The topological polar surface area (TPSA) is 686 Å². The third-order valence-electron chi connectivity index (χ3n) is 18.7. The van der Waals surface area contributed by atoms with E-state index in [-0.39, 0.29) is 18.6 Å². The number of esters is 3. The highest BCUT2D eigenvalue weighted by Crippen LogP contribution is 2.53. The fourth-order valence-electron chi connectivity index (χ4n) is 14.0. The zero-order valence-electron chi connectivity index (χ0n) is 61.7. The molecule has 636 valence electrons. The maximum atomic E-state index is 14.8. The van der Waals surface area contributed by atoms with Crippen molar-refractivity contribution in [1.29, 1.82) is 0 Å². The van der Waals surface area contributed by atoms with Crippen LogP contribution in [0.25, 0.3) is 0 Å². The molecule has 111 heavy (non-hydrogen) atoms. The Labute approximate surface area is 634 Å². The zero-order valence-corrected chi connectivity index (χ0v) is 63.5. The number of hydrogen-bond donors (Lipinski definition) is 19. The third kappa shape index (κ3) is 24.8. The lowest BCUT2D eigenvalue weighted by Gasteiger charge is -2.50. The summed E-state index contributed by atoms with van der Waals surface area (Å²) in [6.07, 6.45) is -45.0. The molecular formula is C62H103N7O40P2. The quantitative estimate of drug-likeness (QED) is 0.0165. The molecular weight excluding hydrogens is 1540 g/mol. The number of nitrogens with two attached hydrogens (primary N) is 1. The Morgan fingerprint density at radius 3 is 0.928 bits per heavy atom. The molecule has 0 bridgehead atoms. The molecule has 20 N–H and O–H groups in total. The van der Waals surface area contributed by atoms with Gasteiger partial charge in [-0.2, -0.15) is 0 Å². The number of nitrogens with one attached hydrogen (secondary N) is 6. The zero-order chi connectivity index (χ0) is 82.4. The summed E-state index contributed by atoms with van der Waals surface area (Å²) in [6, 6.07) is -11.5. The minimum Gasteiger partial charge on any atom is -0.457 e. The molecule has 0 radical (unpaired) electrons. The van der Waals surface area contributed by atoms with Crippen LogP contribution in [0.2, 0.25) is 0 Å². The van der Waals surface area contributed by atoms with Gasteiger partial charge in [-0.1, -0.05) is 0 Å². The number of carbonyl (C=O) groups excluding carboxylic acids is 9. The minimum atomic E-state index is -6.10. The number of amides is 6. The van der Waals surface area contributed by atoms with Gasteiger partial charge in [0.25, 0.3) is 0 Å². The van der Waals surface area contributed by atoms with Crippen LogP contribution in [-0.4, -0.2) is 350 Å². The van der Waals surface area contributed by atoms with E-state index in [2.05, 4.69) is 31.9 Å². The fourth-order valence-corrected chi connectivity index (χ4v) is 16.1. The summed E-state index contributed by atoms with van der Waals surface area (Å²) in [4.78, 5) is 140. The highest BCUT2D eigenvalue weighted by Gasteiger charge is 2.61. The van der Waals surface area contributed by atoms with E-state index in [1.807, 2.05) is 0 Å². The first kappa shape index (κ1) is 92.8. The Bertz CT molecular complexity index is 3240. The molecule has 1 saturated carbocycles. The summed E-state index contributed by atoms with van der Waals surface area (Å²) < 4.78 is 129. The molecule has 6 amide bonds. The predicted molar refractivity (Wildman–Crippen MR) is 357 cm³/mol. The summed E-state index contributed by atoms with van der Waals surface area (Å²) in [5.74, 6) is -8.78. The molecule has 0 aromatic heterocycles. The van der Waals surface area contributed by atoms with Crippen LogP contribution in [0.3, 0.4) is 0 Å². The number of phosphoric ester groups is 2. The summed E-state index contributed by atoms with van der Waals surface area (Å²) in [7, 11) is -12.2. The van der Waals surface area contributed by atoms with E-state index in [0.717, 1.165) is 88.0 Å². The monoisotopic (exact) mass is 1650 g/mol. The summed E-state index contributed by atoms with van der Waals surface area (Å²) in [5.41, 5.74) is 6.09. The highest BCUT2D eigenvalue weighted by atomic mass is 31.2. The lowest BCUT2D eigenvalue weighted by Crippen LogP contribution is -2.70. The summed E-state index contributed by atoms with van der Waals surface area (Å²) >= 11 is 0. The van der Waals surface area contributed by atoms with Crippen molar-refractivity contribution in [2.75, 3.05) is 46.2 Å². The normalized spacial score (nSPS) is 39.7. The highest BCUT2D eigenvalue weighted by molar-refractivity contribution is 7.47. The Hall–Kier alpha value is -5.39. The SMILES string of the molecule is CC(=O)N[C@H]1[C@H](O[C@@H]2[C@H](OC(C)=O)[C@@H](NC(C)=O)[C@@H](OP(=O)(O)O[C@H]3[C@@H](O)[C@@H](CO)O[C@@H](O[C@@H]4[C@H](OC(C)=O)[C@@H](NC(C)=O)[C@@H](OP(=O)(O)O[C@H]5[C@@H](O)[C@@H](CO)O[C@@H](O[C@@H]6[C@H](OC(C)=O)[C@@H](NC(C)=O)[C@@H](OCCC7CCC(N)CC7)O[C@@H]6CO)[C@@H]5NC(C)=O)O[C@@H]4CO)[C@@H]3NC(C)=O)O[C@@H]2CO)O[C@H](CO)[C@H](O)[C@@H]1O. The van der Waals surface area contributed by atoms with E-state index in [0.29, 0.717) is 6.42 Å². The van der Waals surface area contributed by atoms with Crippen molar-refractivity contribution in [3.63, 3.8) is 0 Å². The molecule has 6 aliphatic heterocycles. The van der Waals surface area contributed by atoms with Crippen molar-refractivity contribution in [1.82, 2.24) is 31.9 Å². The lowest BCUT2D eigenvalue weighted by atomic mass is 9.85. The van der Waals surface area contributed by atoms with Gasteiger partial charge in [-0.05, 0) is 38.0 Å². The van der Waals surface area contributed by atoms with Crippen LogP contribution in [0.1, 0.15) is 94.4 Å². The number of carbonyl (C=O) groups is 9. The van der Waals surface area contributed by atoms with Crippen LogP contribution in [-0.2, 0) is 132 Å². The van der Waals surface area contributed by atoms with E-state index >= 15 is 0 Å². The van der Waals surface area contributed by atoms with Crippen LogP contribution in [0.15, 0.2) is 0 Å². The van der Waals surface area contributed by atoms with E-state index in [4.69, 9.17) is 85.4 Å². The van der Waals surface area contributed by atoms with Crippen molar-refractivity contribution in [2.24, 2.45) is 11.7 Å². The molecule has 32 atom stereocenters. The average Bonchev–Trinajstić information content (AvgIpc) is 0.768. The van der Waals surface area contributed by atoms with Crippen LogP contribution in [0, 0.1) is 5.92 Å². The standard InChI is InChI=1S/C62H103N7O40P2/c1-22(76)64-39-48(88)45(85)33(16-70)97-58(39)103-50-37(20-74)101-61(43(68-26(5)80)55(50)95-29(8)83)108-110(89,90)107-53-41(66-24(3)78)60(99-35(18-72)47(53)87)105-51-38(21-75)102-62(44(69-27(6)81)56(51)96-30(9)84)109-111(91,92)106-52-40(65-23(2)77)59(98-34(17-71)46(52)86)104-49-36(19-73)100-57(42(67-25(4)79)54(49)94-28(7)82)93-15-14-31-10-12-32(63)13-11-31/h31-62,70-75,85-88H,10-21,63H2,1-9H3,(H,64,76)(H,65,77)(H,66,78)(H,67,79)(H,68,80)(H,69,81)(H,89,90)(H,91,92)/t31?,32?,33-,34-,35-,36-,37-,38-,39-,40-,41-,42-,43-,44-,45+,46+,47+,48-,49+,50+,51+,52-,53-,54-,55-,56-,57+,58+,59+,60+,61-,62-/m1/s1. The van der Waals surface area contributed by atoms with E-state index in [1.165, 1.54) is 0 Å².